The van der Waals surface area contributed by atoms with Crippen molar-refractivity contribution >= 4 is 11.9 Å². The third-order valence-corrected chi connectivity index (χ3v) is 6.01. The third-order valence-electron chi connectivity index (χ3n) is 6.01. The number of rotatable bonds is 25. The van der Waals surface area contributed by atoms with Gasteiger partial charge in [-0.3, -0.25) is 9.59 Å². The summed E-state index contributed by atoms with van der Waals surface area (Å²) in [6, 6.07) is -0.570. The molecule has 0 aliphatic rings. The summed E-state index contributed by atoms with van der Waals surface area (Å²) in [5.41, 5.74) is 5.75. The van der Waals surface area contributed by atoms with E-state index in [4.69, 9.17) is 15.2 Å². The Morgan fingerprint density at radius 2 is 1.35 bits per heavy atom. The predicted molar refractivity (Wildman–Crippen MR) is 139 cm³/mol. The van der Waals surface area contributed by atoms with E-state index in [2.05, 4.69) is 12.2 Å². The number of ether oxygens (including phenoxy) is 2. The Labute approximate surface area is 208 Å². The minimum atomic E-state index is -0.711. The van der Waals surface area contributed by atoms with Gasteiger partial charge in [-0.25, -0.2) is 0 Å². The molecule has 0 saturated heterocycles. The summed E-state index contributed by atoms with van der Waals surface area (Å²) < 4.78 is 10.0. The van der Waals surface area contributed by atoms with Crippen molar-refractivity contribution in [1.82, 2.24) is 5.32 Å². The molecule has 0 amide bonds. The zero-order valence-corrected chi connectivity index (χ0v) is 22.2. The van der Waals surface area contributed by atoms with Crippen molar-refractivity contribution in [3.8, 4) is 0 Å². The fourth-order valence-corrected chi connectivity index (χ4v) is 3.86. The van der Waals surface area contributed by atoms with Crippen LogP contribution in [-0.4, -0.2) is 55.5 Å². The van der Waals surface area contributed by atoms with Gasteiger partial charge in [-0.2, -0.15) is 0 Å². The maximum Gasteiger partial charge on any atom is 0.322 e. The van der Waals surface area contributed by atoms with Gasteiger partial charge in [0.2, 0.25) is 0 Å². The Morgan fingerprint density at radius 1 is 0.794 bits per heavy atom. The Hall–Kier alpha value is -1.18. The van der Waals surface area contributed by atoms with Crippen LogP contribution in [0, 0.1) is 0 Å². The average molecular weight is 487 g/mol. The molecule has 4 N–H and O–H groups in total. The smallest absolute Gasteiger partial charge is 0.322 e. The normalized spacial score (nSPS) is 12.9. The summed E-state index contributed by atoms with van der Waals surface area (Å²) >= 11 is 0. The topological polar surface area (TPSA) is 111 Å². The van der Waals surface area contributed by atoms with Gasteiger partial charge < -0.3 is 25.6 Å². The van der Waals surface area contributed by atoms with Crippen molar-refractivity contribution in [2.75, 3.05) is 26.3 Å². The molecule has 0 aliphatic carbocycles. The molecule has 0 aromatic rings. The maximum atomic E-state index is 11.8. The predicted octanol–water partition coefficient (Wildman–Crippen LogP) is 5.02. The van der Waals surface area contributed by atoms with Crippen LogP contribution in [0.5, 0.6) is 0 Å². The van der Waals surface area contributed by atoms with Gasteiger partial charge in [0.05, 0.1) is 6.61 Å². The third kappa shape index (κ3) is 22.6. The van der Waals surface area contributed by atoms with E-state index in [9.17, 15) is 14.7 Å². The molecule has 7 heteroatoms. The fourth-order valence-electron chi connectivity index (χ4n) is 3.86. The van der Waals surface area contributed by atoms with Gasteiger partial charge in [0.1, 0.15) is 18.8 Å². The van der Waals surface area contributed by atoms with E-state index in [1.54, 1.807) is 6.92 Å². The molecule has 0 rings (SSSR count). The van der Waals surface area contributed by atoms with Gasteiger partial charge >= 0.3 is 11.9 Å². The molecule has 7 nitrogen and oxygen atoms in total. The van der Waals surface area contributed by atoms with Crippen molar-refractivity contribution in [3.63, 3.8) is 0 Å². The van der Waals surface area contributed by atoms with E-state index in [0.29, 0.717) is 32.5 Å². The number of nitrogens with one attached hydrogen (secondary N) is 1. The first-order chi connectivity index (χ1) is 16.5. The van der Waals surface area contributed by atoms with Crippen LogP contribution in [0.15, 0.2) is 0 Å². The standard InChI is InChI=1S/C27H54N2O5/c1-3-5-6-7-8-9-10-11-12-13-14-15-16-20-26(31)34-23-24(30)22-29-21-18-17-19-25(28)27(32)33-4-2/h24-25,29-30H,3-23,28H2,1-2H3. The summed E-state index contributed by atoms with van der Waals surface area (Å²) in [5, 5.41) is 13.1. The number of aliphatic hydroxyl groups is 1. The van der Waals surface area contributed by atoms with Gasteiger partial charge in [0, 0.05) is 13.0 Å². The number of carbonyl (C=O) groups excluding carboxylic acids is 2. The van der Waals surface area contributed by atoms with E-state index >= 15 is 0 Å². The van der Waals surface area contributed by atoms with Gasteiger partial charge in [-0.05, 0) is 32.7 Å². The van der Waals surface area contributed by atoms with Crippen LogP contribution in [-0.2, 0) is 19.1 Å². The molecule has 0 heterocycles. The quantitative estimate of drug-likeness (QED) is 0.123. The van der Waals surface area contributed by atoms with Crippen LogP contribution in [0.2, 0.25) is 0 Å². The van der Waals surface area contributed by atoms with Gasteiger partial charge in [-0.15, -0.1) is 0 Å². The number of unbranched alkanes of at least 4 members (excludes halogenated alkanes) is 13. The lowest BCUT2D eigenvalue weighted by molar-refractivity contribution is -0.147. The molecule has 202 valence electrons. The van der Waals surface area contributed by atoms with E-state index in [0.717, 1.165) is 25.7 Å². The van der Waals surface area contributed by atoms with E-state index in [-0.39, 0.29) is 18.5 Å². The highest BCUT2D eigenvalue weighted by atomic mass is 16.5. The molecule has 0 spiro atoms. The first kappa shape index (κ1) is 32.8. The number of carbonyl (C=O) groups is 2. The van der Waals surface area contributed by atoms with Crippen LogP contribution in [0.25, 0.3) is 0 Å². The van der Waals surface area contributed by atoms with Crippen molar-refractivity contribution in [1.29, 1.82) is 0 Å². The highest BCUT2D eigenvalue weighted by Crippen LogP contribution is 2.13. The molecule has 0 fully saturated rings. The maximum absolute atomic E-state index is 11.8. The van der Waals surface area contributed by atoms with Crippen LogP contribution < -0.4 is 11.1 Å². The second kappa shape index (κ2) is 24.9. The van der Waals surface area contributed by atoms with E-state index in [1.807, 2.05) is 0 Å². The molecule has 0 saturated carbocycles. The molecular weight excluding hydrogens is 432 g/mol. The molecule has 0 aliphatic heterocycles. The molecule has 34 heavy (non-hydrogen) atoms. The summed E-state index contributed by atoms with van der Waals surface area (Å²) in [6.45, 7) is 5.47. The van der Waals surface area contributed by atoms with Gasteiger partial charge in [0.15, 0.2) is 0 Å². The monoisotopic (exact) mass is 486 g/mol. The Balaban J connectivity index is 3.40. The highest BCUT2D eigenvalue weighted by molar-refractivity contribution is 5.75. The molecular formula is C27H54N2O5. The Bertz CT molecular complexity index is 476. The number of hydrogen-bond donors (Lipinski definition) is 3. The lowest BCUT2D eigenvalue weighted by atomic mass is 10.0. The molecule has 0 bridgehead atoms. The molecule has 0 aromatic heterocycles. The second-order valence-corrected chi connectivity index (χ2v) is 9.39. The number of esters is 2. The molecule has 2 unspecified atom stereocenters. The Morgan fingerprint density at radius 3 is 1.91 bits per heavy atom. The van der Waals surface area contributed by atoms with Crippen LogP contribution >= 0.6 is 0 Å². The van der Waals surface area contributed by atoms with E-state index < -0.39 is 12.1 Å². The van der Waals surface area contributed by atoms with Crippen molar-refractivity contribution < 1.29 is 24.2 Å². The van der Waals surface area contributed by atoms with Crippen molar-refractivity contribution in [2.45, 2.75) is 135 Å². The largest absolute Gasteiger partial charge is 0.465 e. The van der Waals surface area contributed by atoms with Crippen molar-refractivity contribution in [2.24, 2.45) is 5.73 Å². The van der Waals surface area contributed by atoms with Crippen LogP contribution in [0.4, 0.5) is 0 Å². The first-order valence-electron chi connectivity index (χ1n) is 14.0. The SMILES string of the molecule is CCCCCCCCCCCCCCCC(=O)OCC(O)CNCCCCC(N)C(=O)OCC. The summed E-state index contributed by atoms with van der Waals surface area (Å²) in [7, 11) is 0. The lowest BCUT2D eigenvalue weighted by Gasteiger charge is -2.13. The molecule has 0 aromatic carbocycles. The van der Waals surface area contributed by atoms with Gasteiger partial charge in [0.25, 0.3) is 0 Å². The Kier molecular flexibility index (Phi) is 24.1. The number of hydrogen-bond acceptors (Lipinski definition) is 7. The highest BCUT2D eigenvalue weighted by Gasteiger charge is 2.13. The average Bonchev–Trinajstić information content (AvgIpc) is 2.82. The zero-order chi connectivity index (χ0) is 25.3. The lowest BCUT2D eigenvalue weighted by Crippen LogP contribution is -2.33. The summed E-state index contributed by atoms with van der Waals surface area (Å²) in [6.07, 6.45) is 18.6. The minimum absolute atomic E-state index is 0.0258. The number of aliphatic hydroxyl groups excluding tert-OH is 1. The van der Waals surface area contributed by atoms with Crippen molar-refractivity contribution in [3.05, 3.63) is 0 Å². The first-order valence-corrected chi connectivity index (χ1v) is 14.0. The van der Waals surface area contributed by atoms with Crippen LogP contribution in [0.3, 0.4) is 0 Å². The van der Waals surface area contributed by atoms with Gasteiger partial charge in [-0.1, -0.05) is 90.4 Å². The number of nitrogens with two attached hydrogens (primary N) is 1. The minimum Gasteiger partial charge on any atom is -0.465 e. The second-order valence-electron chi connectivity index (χ2n) is 9.39. The van der Waals surface area contributed by atoms with Crippen LogP contribution in [0.1, 0.15) is 123 Å². The summed E-state index contributed by atoms with van der Waals surface area (Å²) in [4.78, 5) is 23.3. The van der Waals surface area contributed by atoms with E-state index in [1.165, 1.54) is 70.6 Å². The molecule has 0 radical (unpaired) electrons. The molecule has 2 atom stereocenters. The zero-order valence-electron chi connectivity index (χ0n) is 22.2. The summed E-state index contributed by atoms with van der Waals surface area (Å²) in [5.74, 6) is -0.582. The fraction of sp³-hybridized carbons (Fsp3) is 0.926.